The van der Waals surface area contributed by atoms with Crippen LogP contribution in [0.1, 0.15) is 70.9 Å². The Balaban J connectivity index is 0.00000316. The summed E-state index contributed by atoms with van der Waals surface area (Å²) in [6.07, 6.45) is 8.12. The number of rotatable bonds is 8. The summed E-state index contributed by atoms with van der Waals surface area (Å²) in [6, 6.07) is 5.52. The molecule has 1 aromatic carbocycles. The molecule has 0 radical (unpaired) electrons. The van der Waals surface area contributed by atoms with Crippen LogP contribution >= 0.6 is 27.3 Å². The van der Waals surface area contributed by atoms with E-state index in [2.05, 4.69) is 36.9 Å². The summed E-state index contributed by atoms with van der Waals surface area (Å²) in [5, 5.41) is 10.3. The second kappa shape index (κ2) is 10.5. The van der Waals surface area contributed by atoms with Crippen LogP contribution in [0.3, 0.4) is 0 Å². The Bertz CT molecular complexity index is 1570. The number of carbonyl (C=O) groups excluding carboxylic acids is 3. The fraction of sp³-hybridized carbons (Fsp3) is 0.448. The number of carbonyl (C=O) groups is 3. The lowest BCUT2D eigenvalue weighted by molar-refractivity contribution is -0.117. The number of amides is 3. The summed E-state index contributed by atoms with van der Waals surface area (Å²) in [4.78, 5) is 47.0. The number of anilines is 3. The van der Waals surface area contributed by atoms with Crippen LogP contribution in [0.2, 0.25) is 0 Å². The molecule has 2 aromatic heterocycles. The second-order valence-corrected chi connectivity index (χ2v) is 13.2. The largest absolute Gasteiger partial charge is 0.497 e. The summed E-state index contributed by atoms with van der Waals surface area (Å²) in [6.45, 7) is 0.968. The molecule has 7 rings (SSSR count). The van der Waals surface area contributed by atoms with Gasteiger partial charge in [0.05, 0.1) is 31.4 Å². The maximum Gasteiger partial charge on any atom is 0.282 e. The van der Waals surface area contributed by atoms with Gasteiger partial charge >= 0.3 is 0 Å². The molecule has 0 saturated heterocycles. The number of hydrogen-bond donors (Lipinski definition) is 3. The van der Waals surface area contributed by atoms with Crippen molar-refractivity contribution in [1.29, 1.82) is 0 Å². The molecular formula is C29H33BrN6O4S. The summed E-state index contributed by atoms with van der Waals surface area (Å²) in [7, 11) is 1.60. The Morgan fingerprint density at radius 1 is 1.24 bits per heavy atom. The van der Waals surface area contributed by atoms with Crippen molar-refractivity contribution in [1.82, 2.24) is 14.9 Å². The van der Waals surface area contributed by atoms with Gasteiger partial charge in [-0.3, -0.25) is 19.3 Å². The minimum Gasteiger partial charge on any atom is -0.497 e. The highest BCUT2D eigenvalue weighted by atomic mass is 79.9. The fourth-order valence-corrected chi connectivity index (χ4v) is 7.51. The molecule has 3 N–H and O–H groups in total. The van der Waals surface area contributed by atoms with Crippen molar-refractivity contribution in [3.8, 4) is 5.75 Å². The summed E-state index contributed by atoms with van der Waals surface area (Å²) in [5.74, 6) is 1.73. The van der Waals surface area contributed by atoms with Crippen LogP contribution < -0.4 is 25.6 Å². The van der Waals surface area contributed by atoms with Gasteiger partial charge < -0.3 is 25.3 Å². The number of aromatic nitrogens is 2. The van der Waals surface area contributed by atoms with E-state index in [1.165, 1.54) is 11.3 Å². The number of hydrogen-bond acceptors (Lipinski definition) is 7. The number of thiophene rings is 1. The number of benzene rings is 1. The monoisotopic (exact) mass is 640 g/mol. The first kappa shape index (κ1) is 26.5. The average molecular weight is 642 g/mol. The molecule has 0 bridgehead atoms. The van der Waals surface area contributed by atoms with Crippen molar-refractivity contribution in [2.24, 2.45) is 11.8 Å². The average Bonchev–Trinajstić information content (AvgIpc) is 3.90. The number of nitrogens with zero attached hydrogens (tertiary/aromatic N) is 3. The van der Waals surface area contributed by atoms with Gasteiger partial charge in [0.2, 0.25) is 5.91 Å². The van der Waals surface area contributed by atoms with Crippen molar-refractivity contribution in [2.75, 3.05) is 35.9 Å². The Labute approximate surface area is 251 Å². The van der Waals surface area contributed by atoms with Crippen molar-refractivity contribution >= 4 is 61.5 Å². The Morgan fingerprint density at radius 3 is 2.80 bits per heavy atom. The Hall–Kier alpha value is -3.38. The van der Waals surface area contributed by atoms with Crippen LogP contribution in [-0.4, -0.2) is 47.6 Å². The van der Waals surface area contributed by atoms with E-state index < -0.39 is 0 Å². The van der Waals surface area contributed by atoms with Crippen molar-refractivity contribution in [2.45, 2.75) is 51.0 Å². The molecule has 12 heteroatoms. The van der Waals surface area contributed by atoms with E-state index in [4.69, 9.17) is 4.74 Å². The summed E-state index contributed by atoms with van der Waals surface area (Å²) in [5.41, 5.74) is 2.71. The zero-order valence-corrected chi connectivity index (χ0v) is 25.1. The lowest BCUT2D eigenvalue weighted by Crippen LogP contribution is -2.41. The predicted octanol–water partition coefficient (Wildman–Crippen LogP) is 5.21. The number of methoxy groups -OCH3 is 1. The Kier molecular flexibility index (Phi) is 6.77. The second-order valence-electron chi connectivity index (χ2n) is 11.3. The molecule has 3 aliphatic carbocycles. The van der Waals surface area contributed by atoms with Crippen LogP contribution in [-0.2, 0) is 17.6 Å². The lowest BCUT2D eigenvalue weighted by atomic mass is 9.90. The van der Waals surface area contributed by atoms with E-state index in [1.807, 2.05) is 22.8 Å². The normalized spacial score (nSPS) is 19.7. The molecule has 1 aliphatic heterocycles. The molecule has 2 fully saturated rings. The zero-order valence-electron chi connectivity index (χ0n) is 22.7. The smallest absolute Gasteiger partial charge is 0.282 e. The highest BCUT2D eigenvalue weighted by Gasteiger charge is 2.37. The SMILES string of the molecule is COc1ccc(N2CNc3c(ncn3[C@H]3CCc4sc(NC(=O)C5CC5)c(C(=O)NCC5CC5)c4C3)C2=O)c(Br)c1.[HH]. The third-order valence-electron chi connectivity index (χ3n) is 8.38. The summed E-state index contributed by atoms with van der Waals surface area (Å²) >= 11 is 5.09. The first-order valence-electron chi connectivity index (χ1n) is 14.1. The van der Waals surface area contributed by atoms with Crippen LogP contribution in [0.4, 0.5) is 16.5 Å². The van der Waals surface area contributed by atoms with Gasteiger partial charge in [-0.1, -0.05) is 0 Å². The van der Waals surface area contributed by atoms with Gasteiger partial charge in [0.1, 0.15) is 16.6 Å². The molecule has 10 nitrogen and oxygen atoms in total. The van der Waals surface area contributed by atoms with E-state index in [0.29, 0.717) is 53.4 Å². The van der Waals surface area contributed by atoms with Gasteiger partial charge in [-0.25, -0.2) is 4.98 Å². The first-order valence-corrected chi connectivity index (χ1v) is 15.7. The van der Waals surface area contributed by atoms with Gasteiger partial charge in [0.25, 0.3) is 11.8 Å². The van der Waals surface area contributed by atoms with Crippen molar-refractivity contribution < 1.29 is 20.5 Å². The molecule has 3 aromatic rings. The highest BCUT2D eigenvalue weighted by Crippen LogP contribution is 2.44. The van der Waals surface area contributed by atoms with E-state index in [9.17, 15) is 14.4 Å². The van der Waals surface area contributed by atoms with E-state index in [0.717, 1.165) is 59.1 Å². The maximum absolute atomic E-state index is 13.5. The van der Waals surface area contributed by atoms with Crippen LogP contribution in [0, 0.1) is 11.8 Å². The minimum absolute atomic E-state index is 0. The Morgan fingerprint density at radius 2 is 2.07 bits per heavy atom. The topological polar surface area (TPSA) is 118 Å². The van der Waals surface area contributed by atoms with Gasteiger partial charge in [-0.05, 0) is 90.6 Å². The maximum atomic E-state index is 13.5. The number of aryl methyl sites for hydroxylation is 1. The van der Waals surface area contributed by atoms with E-state index in [1.54, 1.807) is 18.3 Å². The number of fused-ring (bicyclic) bond motifs is 2. The number of ether oxygens (including phenoxy) is 1. The molecule has 3 amide bonds. The molecule has 1 atom stereocenters. The number of nitrogens with one attached hydrogen (secondary N) is 3. The third-order valence-corrected chi connectivity index (χ3v) is 10.2. The van der Waals surface area contributed by atoms with Crippen LogP contribution in [0.5, 0.6) is 5.75 Å². The van der Waals surface area contributed by atoms with E-state index >= 15 is 0 Å². The molecule has 0 spiro atoms. The van der Waals surface area contributed by atoms with Crippen molar-refractivity contribution in [3.05, 3.63) is 50.7 Å². The molecule has 3 heterocycles. The summed E-state index contributed by atoms with van der Waals surface area (Å²) < 4.78 is 8.09. The predicted molar refractivity (Wildman–Crippen MR) is 162 cm³/mol. The quantitative estimate of drug-likeness (QED) is 0.311. The van der Waals surface area contributed by atoms with Gasteiger partial charge in [0, 0.05) is 29.3 Å². The zero-order chi connectivity index (χ0) is 28.2. The number of halogens is 1. The van der Waals surface area contributed by atoms with E-state index in [-0.39, 0.29) is 31.1 Å². The fourth-order valence-electron chi connectivity index (χ4n) is 5.69. The highest BCUT2D eigenvalue weighted by molar-refractivity contribution is 9.10. The van der Waals surface area contributed by atoms with Crippen LogP contribution in [0.25, 0.3) is 0 Å². The molecule has 4 aliphatic rings. The third kappa shape index (κ3) is 5.01. The molecule has 216 valence electrons. The van der Waals surface area contributed by atoms with Gasteiger partial charge in [-0.15, -0.1) is 11.3 Å². The van der Waals surface area contributed by atoms with Gasteiger partial charge in [0.15, 0.2) is 5.69 Å². The lowest BCUT2D eigenvalue weighted by Gasteiger charge is -2.31. The number of imidazole rings is 1. The minimum atomic E-state index is -0.180. The molecular weight excluding hydrogens is 608 g/mol. The molecule has 0 unspecified atom stereocenters. The van der Waals surface area contributed by atoms with Gasteiger partial charge in [-0.2, -0.15) is 0 Å². The standard InChI is InChI=1S/C29H31BrN6O4S.H2/c1-40-18-7-8-21(20(30)11-18)36-14-33-25-24(29(36)39)32-13-35(25)17-6-9-22-19(10-17)23(27(38)31-12-15-2-3-15)28(41-22)34-26(37)16-4-5-16;/h7-8,11,13,15-17,33H,2-6,9-10,12,14H2,1H3,(H,31,38)(H,34,37);1H/t17-;/m0./s1. The molecule has 41 heavy (non-hydrogen) atoms. The van der Waals surface area contributed by atoms with Crippen molar-refractivity contribution in [3.63, 3.8) is 0 Å². The molecule has 2 saturated carbocycles. The first-order chi connectivity index (χ1) is 19.9. The van der Waals surface area contributed by atoms with Crippen LogP contribution in [0.15, 0.2) is 29.0 Å².